The molecule has 0 aliphatic carbocycles. The fraction of sp³-hybridized carbons (Fsp3) is 0.200. The molecule has 0 saturated heterocycles. The molecule has 0 aliphatic rings. The molecule has 0 atom stereocenters. The lowest BCUT2D eigenvalue weighted by Crippen LogP contribution is -2.31. The minimum atomic E-state index is -1.04. The standard InChI is InChI=1S/C20H17ClF3N3O/c1-3-26(15-8-9-16(23)17(24)10-15)20(28)18-12(2)25-27(19(18)21)11-13-4-6-14(22)7-5-13/h4-10H,3,11H2,1-2H3. The summed E-state index contributed by atoms with van der Waals surface area (Å²) in [6.07, 6.45) is 0. The molecule has 0 unspecified atom stereocenters. The zero-order valence-electron chi connectivity index (χ0n) is 15.2. The van der Waals surface area contributed by atoms with Crippen LogP contribution in [0.25, 0.3) is 0 Å². The van der Waals surface area contributed by atoms with Gasteiger partial charge >= 0.3 is 0 Å². The van der Waals surface area contributed by atoms with Crippen LogP contribution in [0.2, 0.25) is 5.15 Å². The number of carbonyl (C=O) groups is 1. The lowest BCUT2D eigenvalue weighted by Gasteiger charge is -2.21. The molecule has 1 aromatic heterocycles. The van der Waals surface area contributed by atoms with Gasteiger partial charge in [0.15, 0.2) is 11.6 Å². The number of amides is 1. The molecule has 8 heteroatoms. The molecular formula is C20H17ClF3N3O. The van der Waals surface area contributed by atoms with Crippen molar-refractivity contribution in [2.24, 2.45) is 0 Å². The molecule has 2 aromatic carbocycles. The molecule has 28 heavy (non-hydrogen) atoms. The van der Waals surface area contributed by atoms with E-state index in [0.29, 0.717) is 5.69 Å². The lowest BCUT2D eigenvalue weighted by molar-refractivity contribution is 0.0987. The maximum absolute atomic E-state index is 13.6. The highest BCUT2D eigenvalue weighted by Gasteiger charge is 2.26. The zero-order chi connectivity index (χ0) is 20.4. The maximum atomic E-state index is 13.6. The average Bonchev–Trinajstić information content (AvgIpc) is 2.94. The molecule has 146 valence electrons. The van der Waals surface area contributed by atoms with Gasteiger partial charge in [-0.1, -0.05) is 23.7 Å². The molecule has 1 heterocycles. The second-order valence-electron chi connectivity index (χ2n) is 6.18. The number of rotatable bonds is 5. The third kappa shape index (κ3) is 3.89. The Kier molecular flexibility index (Phi) is 5.74. The van der Waals surface area contributed by atoms with Gasteiger partial charge in [0.2, 0.25) is 0 Å². The van der Waals surface area contributed by atoms with Crippen molar-refractivity contribution in [3.8, 4) is 0 Å². The number of hydrogen-bond acceptors (Lipinski definition) is 2. The summed E-state index contributed by atoms with van der Waals surface area (Å²) < 4.78 is 41.3. The summed E-state index contributed by atoms with van der Waals surface area (Å²) >= 11 is 6.40. The van der Waals surface area contributed by atoms with Crippen molar-refractivity contribution in [1.29, 1.82) is 0 Å². The summed E-state index contributed by atoms with van der Waals surface area (Å²) in [5.41, 5.74) is 1.56. The highest BCUT2D eigenvalue weighted by molar-refractivity contribution is 6.33. The Morgan fingerprint density at radius 3 is 2.39 bits per heavy atom. The second kappa shape index (κ2) is 8.06. The van der Waals surface area contributed by atoms with E-state index in [2.05, 4.69) is 5.10 Å². The van der Waals surface area contributed by atoms with E-state index in [1.807, 2.05) is 0 Å². The minimum Gasteiger partial charge on any atom is -0.308 e. The van der Waals surface area contributed by atoms with Gasteiger partial charge in [-0.05, 0) is 43.7 Å². The van der Waals surface area contributed by atoms with Crippen LogP contribution in [-0.2, 0) is 6.54 Å². The molecule has 3 rings (SSSR count). The molecule has 0 N–H and O–H groups in total. The molecule has 1 amide bonds. The van der Waals surface area contributed by atoms with Crippen LogP contribution in [0.4, 0.5) is 18.9 Å². The summed E-state index contributed by atoms with van der Waals surface area (Å²) in [5, 5.41) is 4.42. The summed E-state index contributed by atoms with van der Waals surface area (Å²) in [7, 11) is 0. The Hall–Kier alpha value is -2.80. The Bertz CT molecular complexity index is 1020. The van der Waals surface area contributed by atoms with E-state index >= 15 is 0 Å². The third-order valence-electron chi connectivity index (χ3n) is 4.30. The van der Waals surface area contributed by atoms with Crippen molar-refractivity contribution in [1.82, 2.24) is 9.78 Å². The van der Waals surface area contributed by atoms with Crippen LogP contribution in [0, 0.1) is 24.4 Å². The Labute approximate surface area is 165 Å². The van der Waals surface area contributed by atoms with Crippen molar-refractivity contribution in [3.63, 3.8) is 0 Å². The first-order valence-electron chi connectivity index (χ1n) is 8.56. The number of anilines is 1. The molecule has 0 aliphatic heterocycles. The SMILES string of the molecule is CCN(C(=O)c1c(C)nn(Cc2ccc(F)cc2)c1Cl)c1ccc(F)c(F)c1. The van der Waals surface area contributed by atoms with Gasteiger partial charge in [-0.25, -0.2) is 17.9 Å². The fourth-order valence-corrected chi connectivity index (χ4v) is 3.21. The number of benzene rings is 2. The van der Waals surface area contributed by atoms with E-state index in [-0.39, 0.29) is 35.3 Å². The molecule has 0 saturated carbocycles. The van der Waals surface area contributed by atoms with Gasteiger partial charge in [-0.3, -0.25) is 4.79 Å². The Morgan fingerprint density at radius 2 is 1.79 bits per heavy atom. The van der Waals surface area contributed by atoms with E-state index in [9.17, 15) is 18.0 Å². The van der Waals surface area contributed by atoms with Gasteiger partial charge in [-0.2, -0.15) is 5.10 Å². The van der Waals surface area contributed by atoms with Crippen LogP contribution in [-0.4, -0.2) is 22.2 Å². The summed E-state index contributed by atoms with van der Waals surface area (Å²) in [4.78, 5) is 14.3. The van der Waals surface area contributed by atoms with E-state index < -0.39 is 17.5 Å². The molecule has 0 radical (unpaired) electrons. The molecule has 0 fully saturated rings. The van der Waals surface area contributed by atoms with Gasteiger partial charge in [0, 0.05) is 18.3 Å². The molecule has 3 aromatic rings. The largest absolute Gasteiger partial charge is 0.308 e. The van der Waals surface area contributed by atoms with E-state index in [0.717, 1.165) is 17.7 Å². The summed E-state index contributed by atoms with van der Waals surface area (Å²) in [5.74, 6) is -2.86. The van der Waals surface area contributed by atoms with E-state index in [1.54, 1.807) is 26.0 Å². The topological polar surface area (TPSA) is 38.1 Å². The molecular weight excluding hydrogens is 391 g/mol. The van der Waals surface area contributed by atoms with Crippen LogP contribution in [0.5, 0.6) is 0 Å². The normalized spacial score (nSPS) is 10.9. The van der Waals surface area contributed by atoms with Crippen LogP contribution < -0.4 is 4.90 Å². The smallest absolute Gasteiger partial charge is 0.263 e. The van der Waals surface area contributed by atoms with Crippen LogP contribution in [0.3, 0.4) is 0 Å². The van der Waals surface area contributed by atoms with Crippen molar-refractivity contribution < 1.29 is 18.0 Å². The van der Waals surface area contributed by atoms with Crippen molar-refractivity contribution >= 4 is 23.2 Å². The average molecular weight is 408 g/mol. The Morgan fingerprint density at radius 1 is 1.11 bits per heavy atom. The molecule has 0 spiro atoms. The predicted octanol–water partition coefficient (Wildman–Crippen LogP) is 4.98. The van der Waals surface area contributed by atoms with Gasteiger partial charge in [0.1, 0.15) is 11.0 Å². The minimum absolute atomic E-state index is 0.118. The zero-order valence-corrected chi connectivity index (χ0v) is 16.0. The van der Waals surface area contributed by atoms with Crippen LogP contribution in [0.1, 0.15) is 28.5 Å². The van der Waals surface area contributed by atoms with Gasteiger partial charge in [-0.15, -0.1) is 0 Å². The van der Waals surface area contributed by atoms with Crippen molar-refractivity contribution in [2.75, 3.05) is 11.4 Å². The van der Waals surface area contributed by atoms with Crippen LogP contribution >= 0.6 is 11.6 Å². The first-order chi connectivity index (χ1) is 13.3. The van der Waals surface area contributed by atoms with Crippen molar-refractivity contribution in [2.45, 2.75) is 20.4 Å². The Balaban J connectivity index is 1.93. The highest BCUT2D eigenvalue weighted by Crippen LogP contribution is 2.26. The lowest BCUT2D eigenvalue weighted by atomic mass is 10.2. The monoisotopic (exact) mass is 407 g/mol. The number of aryl methyl sites for hydroxylation is 1. The summed E-state index contributed by atoms with van der Waals surface area (Å²) in [6, 6.07) is 9.11. The summed E-state index contributed by atoms with van der Waals surface area (Å²) in [6.45, 7) is 3.83. The second-order valence-corrected chi connectivity index (χ2v) is 6.54. The quantitative estimate of drug-likeness (QED) is 0.598. The van der Waals surface area contributed by atoms with E-state index in [1.165, 1.54) is 27.8 Å². The fourth-order valence-electron chi connectivity index (χ4n) is 2.90. The molecule has 0 bridgehead atoms. The maximum Gasteiger partial charge on any atom is 0.263 e. The first kappa shape index (κ1) is 19.9. The number of carbonyl (C=O) groups excluding carboxylic acids is 1. The van der Waals surface area contributed by atoms with E-state index in [4.69, 9.17) is 11.6 Å². The van der Waals surface area contributed by atoms with Crippen LogP contribution in [0.15, 0.2) is 42.5 Å². The van der Waals surface area contributed by atoms with Gasteiger partial charge in [0.25, 0.3) is 5.91 Å². The number of nitrogens with zero attached hydrogens (tertiary/aromatic N) is 3. The van der Waals surface area contributed by atoms with Gasteiger partial charge in [0.05, 0.1) is 17.8 Å². The molecule has 4 nitrogen and oxygen atoms in total. The van der Waals surface area contributed by atoms with Gasteiger partial charge < -0.3 is 4.90 Å². The number of hydrogen-bond donors (Lipinski definition) is 0. The third-order valence-corrected chi connectivity index (χ3v) is 4.69. The van der Waals surface area contributed by atoms with Crippen molar-refractivity contribution in [3.05, 3.63) is 81.9 Å². The number of aromatic nitrogens is 2. The first-order valence-corrected chi connectivity index (χ1v) is 8.93. The highest BCUT2D eigenvalue weighted by atomic mass is 35.5. The number of halogens is 4. The predicted molar refractivity (Wildman–Crippen MR) is 101 cm³/mol.